The van der Waals surface area contributed by atoms with Gasteiger partial charge in [-0.25, -0.2) is 5.43 Å². The van der Waals surface area contributed by atoms with Gasteiger partial charge in [-0.3, -0.25) is 5.01 Å². The van der Waals surface area contributed by atoms with Crippen LogP contribution in [0.25, 0.3) is 0 Å². The standard InChI is InChI=1S/C12H17N3S/c1-12(2)13-14(3)11(16)15(12)9-10-7-5-4-6-8-10/h4-8,13H,9H2,1-3H3. The van der Waals surface area contributed by atoms with E-state index < -0.39 is 0 Å². The van der Waals surface area contributed by atoms with Gasteiger partial charge in [-0.2, -0.15) is 0 Å². The van der Waals surface area contributed by atoms with Crippen LogP contribution in [0.2, 0.25) is 0 Å². The van der Waals surface area contributed by atoms with Crippen molar-refractivity contribution in [2.75, 3.05) is 7.05 Å². The van der Waals surface area contributed by atoms with E-state index >= 15 is 0 Å². The molecule has 1 aliphatic heterocycles. The second-order valence-corrected chi connectivity index (χ2v) is 4.95. The highest BCUT2D eigenvalue weighted by molar-refractivity contribution is 7.80. The van der Waals surface area contributed by atoms with E-state index in [-0.39, 0.29) is 5.66 Å². The Labute approximate surface area is 102 Å². The molecule has 1 heterocycles. The number of benzene rings is 1. The highest BCUT2D eigenvalue weighted by Crippen LogP contribution is 2.22. The van der Waals surface area contributed by atoms with Crippen LogP contribution >= 0.6 is 12.2 Å². The zero-order valence-corrected chi connectivity index (χ0v) is 10.7. The first-order chi connectivity index (χ1) is 7.50. The van der Waals surface area contributed by atoms with Crippen LogP contribution in [0.5, 0.6) is 0 Å². The van der Waals surface area contributed by atoms with Gasteiger partial charge in [0.05, 0.1) is 0 Å². The Balaban J connectivity index is 2.18. The average Bonchev–Trinajstić information content (AvgIpc) is 2.42. The largest absolute Gasteiger partial charge is 0.324 e. The zero-order valence-electron chi connectivity index (χ0n) is 9.90. The Kier molecular flexibility index (Phi) is 2.86. The maximum Gasteiger partial charge on any atom is 0.187 e. The molecule has 86 valence electrons. The Morgan fingerprint density at radius 3 is 2.38 bits per heavy atom. The van der Waals surface area contributed by atoms with Crippen molar-refractivity contribution in [1.29, 1.82) is 0 Å². The van der Waals surface area contributed by atoms with Crippen LogP contribution in [0.4, 0.5) is 0 Å². The van der Waals surface area contributed by atoms with Crippen molar-refractivity contribution in [2.45, 2.75) is 26.1 Å². The van der Waals surface area contributed by atoms with Gasteiger partial charge in [-0.1, -0.05) is 30.3 Å². The molecule has 1 aromatic rings. The molecule has 1 saturated heterocycles. The summed E-state index contributed by atoms with van der Waals surface area (Å²) in [5, 5.41) is 2.74. The van der Waals surface area contributed by atoms with Gasteiger partial charge in [-0.05, 0) is 31.6 Å². The third kappa shape index (κ3) is 2.03. The van der Waals surface area contributed by atoms with Crippen molar-refractivity contribution in [2.24, 2.45) is 0 Å². The molecule has 0 spiro atoms. The maximum absolute atomic E-state index is 5.40. The van der Waals surface area contributed by atoms with Crippen LogP contribution in [-0.4, -0.2) is 27.7 Å². The molecule has 0 amide bonds. The second-order valence-electron chi connectivity index (χ2n) is 4.58. The summed E-state index contributed by atoms with van der Waals surface area (Å²) in [7, 11) is 1.95. The fourth-order valence-electron chi connectivity index (χ4n) is 1.97. The predicted octanol–water partition coefficient (Wildman–Crippen LogP) is 1.96. The normalized spacial score (nSPS) is 19.3. The van der Waals surface area contributed by atoms with E-state index in [0.29, 0.717) is 0 Å². The highest BCUT2D eigenvalue weighted by atomic mass is 32.1. The zero-order chi connectivity index (χ0) is 11.8. The number of nitrogens with zero attached hydrogens (tertiary/aromatic N) is 2. The summed E-state index contributed by atoms with van der Waals surface area (Å²) in [5.41, 5.74) is 4.48. The highest BCUT2D eigenvalue weighted by Gasteiger charge is 2.37. The molecule has 0 aromatic heterocycles. The summed E-state index contributed by atoms with van der Waals surface area (Å²) < 4.78 is 0. The molecule has 1 aliphatic rings. The predicted molar refractivity (Wildman–Crippen MR) is 69.6 cm³/mol. The molecule has 2 rings (SSSR count). The Bertz CT molecular complexity index is 389. The van der Waals surface area contributed by atoms with Gasteiger partial charge in [0, 0.05) is 13.6 Å². The molecule has 16 heavy (non-hydrogen) atoms. The number of hydrogen-bond acceptors (Lipinski definition) is 2. The Morgan fingerprint density at radius 1 is 1.25 bits per heavy atom. The molecule has 0 atom stereocenters. The summed E-state index contributed by atoms with van der Waals surface area (Å²) in [5.74, 6) is 0. The van der Waals surface area contributed by atoms with Crippen molar-refractivity contribution in [3.8, 4) is 0 Å². The minimum absolute atomic E-state index is 0.123. The van der Waals surface area contributed by atoms with Gasteiger partial charge in [0.1, 0.15) is 5.66 Å². The van der Waals surface area contributed by atoms with Crippen LogP contribution in [0, 0.1) is 0 Å². The fraction of sp³-hybridized carbons (Fsp3) is 0.417. The van der Waals surface area contributed by atoms with E-state index in [1.165, 1.54) is 5.56 Å². The van der Waals surface area contributed by atoms with Crippen molar-refractivity contribution in [3.05, 3.63) is 35.9 Å². The summed E-state index contributed by atoms with van der Waals surface area (Å²) in [4.78, 5) is 2.19. The lowest BCUT2D eigenvalue weighted by Gasteiger charge is -2.30. The Hall–Kier alpha value is -1.13. The second kappa shape index (κ2) is 4.03. The minimum atomic E-state index is -0.123. The lowest BCUT2D eigenvalue weighted by molar-refractivity contribution is 0.173. The SMILES string of the molecule is CN1NC(C)(C)N(Cc2ccccc2)C1=S. The van der Waals surface area contributed by atoms with E-state index in [9.17, 15) is 0 Å². The first-order valence-electron chi connectivity index (χ1n) is 5.38. The van der Waals surface area contributed by atoms with Crippen LogP contribution in [0.3, 0.4) is 0 Å². The van der Waals surface area contributed by atoms with Crippen molar-refractivity contribution >= 4 is 17.3 Å². The van der Waals surface area contributed by atoms with E-state index in [4.69, 9.17) is 12.2 Å². The monoisotopic (exact) mass is 235 g/mol. The lowest BCUT2D eigenvalue weighted by Crippen LogP contribution is -2.46. The third-order valence-corrected chi connectivity index (χ3v) is 3.31. The molecule has 4 heteroatoms. The first-order valence-corrected chi connectivity index (χ1v) is 5.78. The molecule has 1 aromatic carbocycles. The van der Waals surface area contributed by atoms with Gasteiger partial charge in [0.15, 0.2) is 5.11 Å². The van der Waals surface area contributed by atoms with Gasteiger partial charge >= 0.3 is 0 Å². The number of hydrogen-bond donors (Lipinski definition) is 1. The summed E-state index contributed by atoms with van der Waals surface area (Å²) in [6, 6.07) is 10.4. The van der Waals surface area contributed by atoms with E-state index in [1.807, 2.05) is 18.1 Å². The van der Waals surface area contributed by atoms with Gasteiger partial charge in [0.25, 0.3) is 0 Å². The molecule has 0 aliphatic carbocycles. The van der Waals surface area contributed by atoms with Crippen LogP contribution in [-0.2, 0) is 6.54 Å². The van der Waals surface area contributed by atoms with Gasteiger partial charge in [0.2, 0.25) is 0 Å². The fourth-order valence-corrected chi connectivity index (χ4v) is 2.31. The molecule has 0 bridgehead atoms. The van der Waals surface area contributed by atoms with Crippen LogP contribution in [0.1, 0.15) is 19.4 Å². The van der Waals surface area contributed by atoms with Crippen molar-refractivity contribution in [1.82, 2.24) is 15.3 Å². The van der Waals surface area contributed by atoms with Crippen molar-refractivity contribution in [3.63, 3.8) is 0 Å². The number of thiocarbonyl (C=S) groups is 1. The van der Waals surface area contributed by atoms with E-state index in [2.05, 4.69) is 48.4 Å². The van der Waals surface area contributed by atoms with Gasteiger partial charge in [-0.15, -0.1) is 0 Å². The molecule has 1 N–H and O–H groups in total. The molecule has 3 nitrogen and oxygen atoms in total. The number of nitrogens with one attached hydrogen (secondary N) is 1. The maximum atomic E-state index is 5.40. The smallest absolute Gasteiger partial charge is 0.187 e. The van der Waals surface area contributed by atoms with E-state index in [1.54, 1.807) is 0 Å². The molecular formula is C12H17N3S. The van der Waals surface area contributed by atoms with Crippen LogP contribution < -0.4 is 5.43 Å². The third-order valence-electron chi connectivity index (χ3n) is 2.82. The first kappa shape index (κ1) is 11.4. The van der Waals surface area contributed by atoms with Crippen LogP contribution in [0.15, 0.2) is 30.3 Å². The summed E-state index contributed by atoms with van der Waals surface area (Å²) >= 11 is 5.40. The summed E-state index contributed by atoms with van der Waals surface area (Å²) in [6.07, 6.45) is 0. The number of hydrazine groups is 1. The van der Waals surface area contributed by atoms with E-state index in [0.717, 1.165) is 11.7 Å². The Morgan fingerprint density at radius 2 is 1.88 bits per heavy atom. The summed E-state index contributed by atoms with van der Waals surface area (Å²) in [6.45, 7) is 5.10. The van der Waals surface area contributed by atoms with Crippen molar-refractivity contribution < 1.29 is 0 Å². The molecular weight excluding hydrogens is 218 g/mol. The van der Waals surface area contributed by atoms with Gasteiger partial charge < -0.3 is 4.90 Å². The molecule has 0 radical (unpaired) electrons. The topological polar surface area (TPSA) is 18.5 Å². The molecule has 0 unspecified atom stereocenters. The average molecular weight is 235 g/mol. The quantitative estimate of drug-likeness (QED) is 0.790. The molecule has 1 fully saturated rings. The minimum Gasteiger partial charge on any atom is -0.324 e. The molecule has 0 saturated carbocycles. The number of rotatable bonds is 2. The lowest BCUT2D eigenvalue weighted by atomic mass is 10.1.